The van der Waals surface area contributed by atoms with Gasteiger partial charge in [-0.25, -0.2) is 9.59 Å². The Kier molecular flexibility index (Phi) is 6.22. The van der Waals surface area contributed by atoms with Crippen molar-refractivity contribution in [3.8, 4) is 0 Å². The molecule has 0 saturated heterocycles. The van der Waals surface area contributed by atoms with E-state index in [-0.39, 0.29) is 18.4 Å². The fourth-order valence-electron chi connectivity index (χ4n) is 1.48. The molecule has 2 amide bonds. The molecular formula is C11H19N5O6. The van der Waals surface area contributed by atoms with Gasteiger partial charge in [0, 0.05) is 0 Å². The third kappa shape index (κ3) is 4.65. The first-order valence-corrected chi connectivity index (χ1v) is 6.43. The monoisotopic (exact) mass is 317 g/mol. The SMILES string of the molecule is CC(O)[C@H](NC(=O)N[C@@H](C)c1nnc([C@@H](N)CO)o1)C(=O)O. The Balaban J connectivity index is 2.64. The Morgan fingerprint density at radius 3 is 2.36 bits per heavy atom. The lowest BCUT2D eigenvalue weighted by Gasteiger charge is -2.18. The molecule has 11 heteroatoms. The Morgan fingerprint density at radius 1 is 1.27 bits per heavy atom. The number of nitrogens with zero attached hydrogens (tertiary/aromatic N) is 2. The number of carbonyl (C=O) groups is 2. The molecule has 0 aromatic carbocycles. The van der Waals surface area contributed by atoms with E-state index in [0.717, 1.165) is 0 Å². The molecule has 0 radical (unpaired) electrons. The second-order valence-electron chi connectivity index (χ2n) is 4.66. The summed E-state index contributed by atoms with van der Waals surface area (Å²) in [6.45, 7) is 2.39. The van der Waals surface area contributed by atoms with Crippen LogP contribution in [0.1, 0.15) is 37.7 Å². The average molecular weight is 317 g/mol. The number of hydrogen-bond acceptors (Lipinski definition) is 8. The summed E-state index contributed by atoms with van der Waals surface area (Å²) in [4.78, 5) is 22.6. The van der Waals surface area contributed by atoms with Crippen LogP contribution in [-0.4, -0.2) is 56.3 Å². The Hall–Kier alpha value is -2.24. The van der Waals surface area contributed by atoms with Crippen LogP contribution < -0.4 is 16.4 Å². The third-order valence-corrected chi connectivity index (χ3v) is 2.72. The summed E-state index contributed by atoms with van der Waals surface area (Å²) in [5.74, 6) is -1.32. The van der Waals surface area contributed by atoms with Gasteiger partial charge in [-0.3, -0.25) is 0 Å². The van der Waals surface area contributed by atoms with Crippen molar-refractivity contribution in [1.29, 1.82) is 0 Å². The van der Waals surface area contributed by atoms with Crippen LogP contribution in [0.4, 0.5) is 4.79 Å². The van der Waals surface area contributed by atoms with E-state index in [1.165, 1.54) is 13.8 Å². The van der Waals surface area contributed by atoms with Crippen molar-refractivity contribution in [3.63, 3.8) is 0 Å². The van der Waals surface area contributed by atoms with Gasteiger partial charge in [0.25, 0.3) is 0 Å². The minimum atomic E-state index is -1.45. The number of hydrogen-bond donors (Lipinski definition) is 6. The smallest absolute Gasteiger partial charge is 0.328 e. The summed E-state index contributed by atoms with van der Waals surface area (Å²) in [6, 6.07) is -3.83. The Morgan fingerprint density at radius 2 is 1.86 bits per heavy atom. The van der Waals surface area contributed by atoms with Crippen LogP contribution in [0, 0.1) is 0 Å². The zero-order valence-electron chi connectivity index (χ0n) is 12.1. The quantitative estimate of drug-likeness (QED) is 0.339. The van der Waals surface area contributed by atoms with Gasteiger partial charge in [-0.1, -0.05) is 0 Å². The molecule has 1 heterocycles. The van der Waals surface area contributed by atoms with Crippen molar-refractivity contribution >= 4 is 12.0 Å². The largest absolute Gasteiger partial charge is 0.480 e. The molecule has 1 aromatic heterocycles. The van der Waals surface area contributed by atoms with Crippen molar-refractivity contribution in [2.75, 3.05) is 6.61 Å². The van der Waals surface area contributed by atoms with E-state index in [9.17, 15) is 14.7 Å². The number of amides is 2. The van der Waals surface area contributed by atoms with Crippen molar-refractivity contribution in [2.45, 2.75) is 38.1 Å². The zero-order chi connectivity index (χ0) is 16.9. The van der Waals surface area contributed by atoms with Gasteiger partial charge in [0.05, 0.1) is 12.7 Å². The summed E-state index contributed by atoms with van der Waals surface area (Å²) in [5.41, 5.74) is 5.50. The number of aliphatic hydroxyl groups excluding tert-OH is 2. The van der Waals surface area contributed by atoms with Crippen LogP contribution in [0.3, 0.4) is 0 Å². The molecule has 1 unspecified atom stereocenters. The number of nitrogens with one attached hydrogen (secondary N) is 2. The van der Waals surface area contributed by atoms with Gasteiger partial charge < -0.3 is 36.1 Å². The molecule has 0 aliphatic carbocycles. The number of aliphatic hydroxyl groups is 2. The standard InChI is InChI=1S/C11H19N5O6/c1-4(8-15-16-9(22-8)6(12)3-17)13-11(21)14-7(5(2)18)10(19)20/h4-7,17-18H,3,12H2,1-2H3,(H,19,20)(H2,13,14,21)/t4-,5?,6-,7-/m0/s1. The second kappa shape index (κ2) is 7.68. The van der Waals surface area contributed by atoms with Crippen molar-refractivity contribution in [3.05, 3.63) is 11.8 Å². The van der Waals surface area contributed by atoms with E-state index in [1.54, 1.807) is 0 Å². The number of rotatable bonds is 7. The number of aliphatic carboxylic acids is 1. The topological polar surface area (TPSA) is 184 Å². The summed E-state index contributed by atoms with van der Waals surface area (Å²) >= 11 is 0. The van der Waals surface area contributed by atoms with E-state index in [0.29, 0.717) is 0 Å². The van der Waals surface area contributed by atoms with Crippen LogP contribution in [-0.2, 0) is 4.79 Å². The number of nitrogens with two attached hydrogens (primary N) is 1. The lowest BCUT2D eigenvalue weighted by atomic mass is 10.2. The van der Waals surface area contributed by atoms with Gasteiger partial charge >= 0.3 is 12.0 Å². The molecule has 0 spiro atoms. The highest BCUT2D eigenvalue weighted by molar-refractivity contribution is 5.83. The molecule has 22 heavy (non-hydrogen) atoms. The van der Waals surface area contributed by atoms with Crippen LogP contribution in [0.2, 0.25) is 0 Å². The van der Waals surface area contributed by atoms with E-state index < -0.39 is 36.2 Å². The van der Waals surface area contributed by atoms with Gasteiger partial charge in [-0.2, -0.15) is 0 Å². The molecule has 1 rings (SSSR count). The molecule has 0 aliphatic heterocycles. The zero-order valence-corrected chi connectivity index (χ0v) is 12.1. The highest BCUT2D eigenvalue weighted by atomic mass is 16.4. The van der Waals surface area contributed by atoms with Gasteiger partial charge in [0.15, 0.2) is 6.04 Å². The van der Waals surface area contributed by atoms with Gasteiger partial charge in [-0.05, 0) is 13.8 Å². The first-order valence-electron chi connectivity index (χ1n) is 6.43. The maximum absolute atomic E-state index is 11.7. The van der Waals surface area contributed by atoms with Crippen LogP contribution in [0.5, 0.6) is 0 Å². The predicted molar refractivity (Wildman–Crippen MR) is 71.5 cm³/mol. The highest BCUT2D eigenvalue weighted by Gasteiger charge is 2.26. The van der Waals surface area contributed by atoms with E-state index in [4.69, 9.17) is 20.4 Å². The lowest BCUT2D eigenvalue weighted by Crippen LogP contribution is -2.51. The maximum atomic E-state index is 11.7. The minimum absolute atomic E-state index is 0.0129. The number of carboxylic acid groups (broad SMARTS) is 1. The van der Waals surface area contributed by atoms with Crippen LogP contribution >= 0.6 is 0 Å². The molecule has 1 aromatic rings. The summed E-state index contributed by atoms with van der Waals surface area (Å²) in [7, 11) is 0. The molecule has 0 fully saturated rings. The minimum Gasteiger partial charge on any atom is -0.480 e. The van der Waals surface area contributed by atoms with Crippen molar-refractivity contribution < 1.29 is 29.3 Å². The molecule has 0 saturated carbocycles. The van der Waals surface area contributed by atoms with E-state index in [1.807, 2.05) is 0 Å². The van der Waals surface area contributed by atoms with Crippen LogP contribution in [0.25, 0.3) is 0 Å². The highest BCUT2D eigenvalue weighted by Crippen LogP contribution is 2.14. The Labute approximate surface area is 125 Å². The van der Waals surface area contributed by atoms with Crippen LogP contribution in [0.15, 0.2) is 4.42 Å². The fourth-order valence-corrected chi connectivity index (χ4v) is 1.48. The summed E-state index contributed by atoms with van der Waals surface area (Å²) in [5, 5.41) is 38.8. The number of aromatic nitrogens is 2. The molecule has 0 bridgehead atoms. The van der Waals surface area contributed by atoms with E-state index >= 15 is 0 Å². The Bertz CT molecular complexity index is 519. The number of carbonyl (C=O) groups excluding carboxylic acids is 1. The molecule has 4 atom stereocenters. The first kappa shape index (κ1) is 17.8. The molecular weight excluding hydrogens is 298 g/mol. The van der Waals surface area contributed by atoms with Gasteiger partial charge in [0.2, 0.25) is 11.8 Å². The van der Waals surface area contributed by atoms with Crippen molar-refractivity contribution in [2.24, 2.45) is 5.73 Å². The van der Waals surface area contributed by atoms with Gasteiger partial charge in [-0.15, -0.1) is 10.2 Å². The van der Waals surface area contributed by atoms with E-state index in [2.05, 4.69) is 20.8 Å². The second-order valence-corrected chi connectivity index (χ2v) is 4.66. The summed E-state index contributed by atoms with van der Waals surface area (Å²) < 4.78 is 5.18. The fraction of sp³-hybridized carbons (Fsp3) is 0.636. The first-order chi connectivity index (χ1) is 10.3. The molecule has 11 nitrogen and oxygen atoms in total. The lowest BCUT2D eigenvalue weighted by molar-refractivity contribution is -0.141. The van der Waals surface area contributed by atoms with Gasteiger partial charge in [0.1, 0.15) is 12.1 Å². The number of urea groups is 1. The molecule has 124 valence electrons. The third-order valence-electron chi connectivity index (χ3n) is 2.72. The molecule has 0 aliphatic rings. The summed E-state index contributed by atoms with van der Waals surface area (Å²) in [6.07, 6.45) is -1.27. The predicted octanol–water partition coefficient (Wildman–Crippen LogP) is -1.74. The molecule has 7 N–H and O–H groups in total. The van der Waals surface area contributed by atoms with Crippen molar-refractivity contribution in [1.82, 2.24) is 20.8 Å². The normalized spacial score (nSPS) is 16.4. The number of carboxylic acids is 1. The average Bonchev–Trinajstić information content (AvgIpc) is 2.93. The maximum Gasteiger partial charge on any atom is 0.328 e.